The summed E-state index contributed by atoms with van der Waals surface area (Å²) in [5.74, 6) is 0.0196. The molecule has 1 unspecified atom stereocenters. The number of ether oxygens (including phenoxy) is 1. The van der Waals surface area contributed by atoms with Crippen LogP contribution in [0.3, 0.4) is 0 Å². The Morgan fingerprint density at radius 3 is 2.68 bits per heavy atom. The maximum atomic E-state index is 10.9. The van der Waals surface area contributed by atoms with Gasteiger partial charge in [0.25, 0.3) is 5.88 Å². The van der Waals surface area contributed by atoms with E-state index in [0.29, 0.717) is 16.7 Å². The Morgan fingerprint density at radius 1 is 1.63 bits per heavy atom. The number of nitrogens with zero attached hydrogens (tertiary/aromatic N) is 3. The normalized spacial score (nSPS) is 12.5. The Labute approximate surface area is 120 Å². The van der Waals surface area contributed by atoms with E-state index in [-0.39, 0.29) is 17.6 Å². The van der Waals surface area contributed by atoms with Gasteiger partial charge in [0, 0.05) is 17.1 Å². The first-order valence-corrected chi connectivity index (χ1v) is 6.41. The van der Waals surface area contributed by atoms with Gasteiger partial charge in [-0.25, -0.2) is 4.98 Å². The fourth-order valence-corrected chi connectivity index (χ4v) is 2.28. The highest BCUT2D eigenvalue weighted by Crippen LogP contribution is 2.33. The van der Waals surface area contributed by atoms with E-state index in [9.17, 15) is 10.1 Å². The van der Waals surface area contributed by atoms with Crippen LogP contribution in [0.4, 0.5) is 5.69 Å². The number of aromatic nitrogens is 1. The Kier molecular flexibility index (Phi) is 5.64. The van der Waals surface area contributed by atoms with E-state index >= 15 is 0 Å². The van der Waals surface area contributed by atoms with Crippen LogP contribution in [0.25, 0.3) is 0 Å². The van der Waals surface area contributed by atoms with Crippen LogP contribution in [0.5, 0.6) is 5.88 Å². The van der Waals surface area contributed by atoms with Gasteiger partial charge in [0.2, 0.25) is 0 Å². The zero-order valence-corrected chi connectivity index (χ0v) is 12.9. The number of nitro groups is 1. The number of rotatable bonds is 6. The van der Waals surface area contributed by atoms with Crippen LogP contribution in [-0.2, 0) is 0 Å². The molecule has 8 heteroatoms. The van der Waals surface area contributed by atoms with Gasteiger partial charge in [-0.15, -0.1) is 0 Å². The Hall–Kier alpha value is -1.25. The molecule has 7 nitrogen and oxygen atoms in total. The molecule has 1 aromatic heterocycles. The third-order valence-corrected chi connectivity index (χ3v) is 3.31. The van der Waals surface area contributed by atoms with E-state index in [1.165, 1.54) is 13.2 Å². The van der Waals surface area contributed by atoms with Crippen molar-refractivity contribution in [2.75, 3.05) is 34.8 Å². The summed E-state index contributed by atoms with van der Waals surface area (Å²) in [7, 11) is 7.05. The predicted octanol–water partition coefficient (Wildman–Crippen LogP) is 1.58. The SMILES string of the molecule is CNCC(c1nc(OC)c([N+](=O)[O-])cc1Br)N(C)C. The second kappa shape index (κ2) is 6.78. The van der Waals surface area contributed by atoms with Crippen LogP contribution >= 0.6 is 15.9 Å². The Morgan fingerprint density at radius 2 is 2.26 bits per heavy atom. The molecule has 0 saturated carbocycles. The van der Waals surface area contributed by atoms with Crippen molar-refractivity contribution in [3.63, 3.8) is 0 Å². The van der Waals surface area contributed by atoms with Crippen molar-refractivity contribution in [1.29, 1.82) is 0 Å². The number of pyridine rings is 1. The Bertz CT molecular complexity index is 467. The van der Waals surface area contributed by atoms with E-state index in [0.717, 1.165) is 0 Å². The molecule has 0 fully saturated rings. The third-order valence-electron chi connectivity index (χ3n) is 2.68. The number of halogens is 1. The zero-order valence-electron chi connectivity index (χ0n) is 11.3. The van der Waals surface area contributed by atoms with Crippen LogP contribution in [0.1, 0.15) is 11.7 Å². The predicted molar refractivity (Wildman–Crippen MR) is 75.5 cm³/mol. The van der Waals surface area contributed by atoms with Gasteiger partial charge in [-0.05, 0) is 37.1 Å². The van der Waals surface area contributed by atoms with Crippen molar-refractivity contribution in [2.24, 2.45) is 0 Å². The van der Waals surface area contributed by atoms with Crippen LogP contribution in [0, 0.1) is 10.1 Å². The van der Waals surface area contributed by atoms with Crippen LogP contribution in [-0.4, -0.2) is 49.6 Å². The summed E-state index contributed by atoms with van der Waals surface area (Å²) >= 11 is 3.34. The number of methoxy groups -OCH3 is 1. The molecule has 0 bridgehead atoms. The highest BCUT2D eigenvalue weighted by atomic mass is 79.9. The van der Waals surface area contributed by atoms with Gasteiger partial charge < -0.3 is 10.1 Å². The zero-order chi connectivity index (χ0) is 14.6. The van der Waals surface area contributed by atoms with E-state index in [2.05, 4.69) is 26.2 Å². The lowest BCUT2D eigenvalue weighted by Gasteiger charge is -2.24. The van der Waals surface area contributed by atoms with E-state index in [4.69, 9.17) is 4.74 Å². The average Bonchev–Trinajstić information content (AvgIpc) is 2.35. The summed E-state index contributed by atoms with van der Waals surface area (Å²) in [5, 5.41) is 14.0. The van der Waals surface area contributed by atoms with Crippen molar-refractivity contribution < 1.29 is 9.66 Å². The Balaban J connectivity index is 3.31. The molecule has 0 spiro atoms. The van der Waals surface area contributed by atoms with Crippen molar-refractivity contribution in [3.05, 3.63) is 26.3 Å². The second-order valence-electron chi connectivity index (χ2n) is 4.18. The number of hydrogen-bond acceptors (Lipinski definition) is 6. The van der Waals surface area contributed by atoms with Gasteiger partial charge in [0.05, 0.1) is 23.8 Å². The number of likely N-dealkylation sites (N-methyl/N-ethyl adjacent to an activating group) is 2. The van der Waals surface area contributed by atoms with Crippen LogP contribution < -0.4 is 10.1 Å². The van der Waals surface area contributed by atoms with E-state index in [1.54, 1.807) is 0 Å². The van der Waals surface area contributed by atoms with Gasteiger partial charge in [-0.3, -0.25) is 15.0 Å². The van der Waals surface area contributed by atoms with Gasteiger partial charge in [0.1, 0.15) is 0 Å². The van der Waals surface area contributed by atoms with Gasteiger partial charge >= 0.3 is 5.69 Å². The van der Waals surface area contributed by atoms with Gasteiger partial charge in [-0.2, -0.15) is 0 Å². The maximum Gasteiger partial charge on any atom is 0.332 e. The molecule has 1 heterocycles. The van der Waals surface area contributed by atoms with Crippen LogP contribution in [0.15, 0.2) is 10.5 Å². The fourth-order valence-electron chi connectivity index (χ4n) is 1.71. The fraction of sp³-hybridized carbons (Fsp3) is 0.545. The molecule has 1 N–H and O–H groups in total. The van der Waals surface area contributed by atoms with Gasteiger partial charge in [-0.1, -0.05) is 0 Å². The summed E-state index contributed by atoms with van der Waals surface area (Å²) < 4.78 is 5.59. The molecular formula is C11H17BrN4O3. The molecule has 0 aromatic carbocycles. The lowest BCUT2D eigenvalue weighted by atomic mass is 10.1. The van der Waals surface area contributed by atoms with Crippen LogP contribution in [0.2, 0.25) is 0 Å². The smallest absolute Gasteiger partial charge is 0.332 e. The average molecular weight is 333 g/mol. The molecule has 1 atom stereocenters. The standard InChI is InChI=1S/C11H17BrN4O3/c1-13-6-9(15(2)3)10-7(12)5-8(16(17)18)11(14-10)19-4/h5,9,13H,6H2,1-4H3. The van der Waals surface area contributed by atoms with E-state index in [1.807, 2.05) is 26.0 Å². The molecular weight excluding hydrogens is 316 g/mol. The largest absolute Gasteiger partial charge is 0.476 e. The summed E-state index contributed by atoms with van der Waals surface area (Å²) in [5.41, 5.74) is 0.543. The minimum atomic E-state index is -0.511. The quantitative estimate of drug-likeness (QED) is 0.629. The molecule has 1 aromatic rings. The molecule has 0 radical (unpaired) electrons. The third kappa shape index (κ3) is 3.62. The van der Waals surface area contributed by atoms with E-state index < -0.39 is 4.92 Å². The van der Waals surface area contributed by atoms with Crippen molar-refractivity contribution in [3.8, 4) is 5.88 Å². The summed E-state index contributed by atoms with van der Waals surface area (Å²) in [6.45, 7) is 0.666. The number of hydrogen-bond donors (Lipinski definition) is 1. The topological polar surface area (TPSA) is 80.5 Å². The molecule has 0 aliphatic rings. The minimum absolute atomic E-state index is 0.0194. The molecule has 0 amide bonds. The van der Waals surface area contributed by atoms with Crippen molar-refractivity contribution in [2.45, 2.75) is 6.04 Å². The lowest BCUT2D eigenvalue weighted by molar-refractivity contribution is -0.386. The summed E-state index contributed by atoms with van der Waals surface area (Å²) in [6, 6.07) is 1.40. The monoisotopic (exact) mass is 332 g/mol. The second-order valence-corrected chi connectivity index (χ2v) is 5.03. The van der Waals surface area contributed by atoms with Crippen molar-refractivity contribution >= 4 is 21.6 Å². The lowest BCUT2D eigenvalue weighted by Crippen LogP contribution is -2.30. The highest BCUT2D eigenvalue weighted by Gasteiger charge is 2.25. The number of nitrogens with one attached hydrogen (secondary N) is 1. The highest BCUT2D eigenvalue weighted by molar-refractivity contribution is 9.10. The summed E-state index contributed by atoms with van der Waals surface area (Å²) in [4.78, 5) is 16.6. The first kappa shape index (κ1) is 15.8. The molecule has 106 valence electrons. The molecule has 1 rings (SSSR count). The summed E-state index contributed by atoms with van der Waals surface area (Å²) in [6.07, 6.45) is 0. The first-order valence-electron chi connectivity index (χ1n) is 5.62. The van der Waals surface area contributed by atoms with Crippen molar-refractivity contribution in [1.82, 2.24) is 15.2 Å². The minimum Gasteiger partial charge on any atom is -0.476 e. The maximum absolute atomic E-state index is 10.9. The first-order chi connectivity index (χ1) is 8.92. The van der Waals surface area contributed by atoms with Gasteiger partial charge in [0.15, 0.2) is 0 Å². The molecule has 0 aliphatic heterocycles. The molecule has 0 saturated heterocycles. The molecule has 0 aliphatic carbocycles. The molecule has 19 heavy (non-hydrogen) atoms.